The van der Waals surface area contributed by atoms with Gasteiger partial charge in [0, 0.05) is 24.8 Å². The number of carbonyl (C=O) groups excluding carboxylic acids is 1. The molecule has 2 N–H and O–H groups in total. The third-order valence-corrected chi connectivity index (χ3v) is 5.21. The Labute approximate surface area is 157 Å². The number of nitrogens with one attached hydrogen (secondary N) is 2. The summed E-state index contributed by atoms with van der Waals surface area (Å²) in [4.78, 5) is 28.0. The number of aromatic nitrogens is 2. The first-order chi connectivity index (χ1) is 12.5. The molecule has 2 atom stereocenters. The highest BCUT2D eigenvalue weighted by Crippen LogP contribution is 2.18. The Morgan fingerprint density at radius 3 is 3.00 bits per heavy atom. The minimum atomic E-state index is -0.147. The quantitative estimate of drug-likeness (QED) is 0.761. The van der Waals surface area contributed by atoms with E-state index in [9.17, 15) is 9.59 Å². The second-order valence-electron chi connectivity index (χ2n) is 6.83. The van der Waals surface area contributed by atoms with Crippen molar-refractivity contribution in [2.45, 2.75) is 58.2 Å². The number of hydrogen-bond acceptors (Lipinski definition) is 4. The molecule has 1 aromatic heterocycles. The molecule has 1 aliphatic rings. The lowest BCUT2D eigenvalue weighted by molar-refractivity contribution is 0.0899. The molecule has 1 amide bonds. The van der Waals surface area contributed by atoms with Crippen LogP contribution in [-0.4, -0.2) is 34.2 Å². The molecule has 1 aliphatic heterocycles. The second-order valence-corrected chi connectivity index (χ2v) is 7.21. The van der Waals surface area contributed by atoms with Gasteiger partial charge in [0.15, 0.2) is 4.77 Å². The molecular formula is C19H25N3O3S. The molecule has 7 heteroatoms. The summed E-state index contributed by atoms with van der Waals surface area (Å²) in [7, 11) is 0. The molecule has 3 rings (SSSR count). The van der Waals surface area contributed by atoms with E-state index >= 15 is 0 Å². The van der Waals surface area contributed by atoms with E-state index in [0.29, 0.717) is 33.9 Å². The van der Waals surface area contributed by atoms with Crippen LogP contribution in [0, 0.1) is 4.77 Å². The summed E-state index contributed by atoms with van der Waals surface area (Å²) in [5, 5.41) is 3.55. The van der Waals surface area contributed by atoms with Crippen molar-refractivity contribution in [1.82, 2.24) is 14.9 Å². The molecule has 26 heavy (non-hydrogen) atoms. The number of amides is 1. The molecule has 140 valence electrons. The number of benzene rings is 1. The molecule has 1 aromatic carbocycles. The van der Waals surface area contributed by atoms with Crippen molar-refractivity contribution in [3.63, 3.8) is 0 Å². The van der Waals surface area contributed by atoms with Crippen LogP contribution in [-0.2, 0) is 11.3 Å². The van der Waals surface area contributed by atoms with Gasteiger partial charge in [-0.2, -0.15) is 0 Å². The molecule has 0 aliphatic carbocycles. The topological polar surface area (TPSA) is 76.1 Å². The van der Waals surface area contributed by atoms with Crippen LogP contribution in [0.3, 0.4) is 0 Å². The van der Waals surface area contributed by atoms with Gasteiger partial charge in [-0.15, -0.1) is 0 Å². The molecule has 6 nitrogen and oxygen atoms in total. The third-order valence-electron chi connectivity index (χ3n) is 4.88. The van der Waals surface area contributed by atoms with Crippen LogP contribution in [0.2, 0.25) is 0 Å². The fraction of sp³-hybridized carbons (Fsp3) is 0.526. The van der Waals surface area contributed by atoms with Crippen LogP contribution in [0.25, 0.3) is 10.9 Å². The van der Waals surface area contributed by atoms with Crippen molar-refractivity contribution >= 4 is 29.0 Å². The number of hydrogen-bond donors (Lipinski definition) is 2. The van der Waals surface area contributed by atoms with E-state index in [1.165, 1.54) is 4.57 Å². The molecular weight excluding hydrogens is 350 g/mol. The highest BCUT2D eigenvalue weighted by Gasteiger charge is 2.18. The monoisotopic (exact) mass is 375 g/mol. The van der Waals surface area contributed by atoms with Gasteiger partial charge < -0.3 is 15.0 Å². The zero-order chi connectivity index (χ0) is 18.7. The molecule has 1 saturated heterocycles. The summed E-state index contributed by atoms with van der Waals surface area (Å²) in [5.74, 6) is -0.147. The average Bonchev–Trinajstić information content (AvgIpc) is 3.13. The van der Waals surface area contributed by atoms with Crippen molar-refractivity contribution < 1.29 is 9.53 Å². The SMILES string of the molecule is CCn1c(=S)[nH]c2cc(C(=O)N[C@@H](C)CC[C@H]3CCCO3)ccc2c1=O. The van der Waals surface area contributed by atoms with E-state index in [-0.39, 0.29) is 17.5 Å². The zero-order valence-electron chi connectivity index (χ0n) is 15.2. The van der Waals surface area contributed by atoms with Gasteiger partial charge in [0.05, 0.1) is 17.0 Å². The maximum Gasteiger partial charge on any atom is 0.262 e. The molecule has 1 fully saturated rings. The van der Waals surface area contributed by atoms with Crippen LogP contribution in [0.15, 0.2) is 23.0 Å². The summed E-state index contributed by atoms with van der Waals surface area (Å²) in [6.07, 6.45) is 4.41. The van der Waals surface area contributed by atoms with Gasteiger partial charge in [0.1, 0.15) is 0 Å². The van der Waals surface area contributed by atoms with E-state index in [1.807, 2.05) is 13.8 Å². The Morgan fingerprint density at radius 1 is 1.50 bits per heavy atom. The predicted octanol–water partition coefficient (Wildman–Crippen LogP) is 3.16. The number of carbonyl (C=O) groups is 1. The minimum absolute atomic E-state index is 0.0639. The Morgan fingerprint density at radius 2 is 2.31 bits per heavy atom. The summed E-state index contributed by atoms with van der Waals surface area (Å²) in [6.45, 7) is 5.23. The van der Waals surface area contributed by atoms with E-state index in [2.05, 4.69) is 10.3 Å². The first-order valence-electron chi connectivity index (χ1n) is 9.19. The highest BCUT2D eigenvalue weighted by molar-refractivity contribution is 7.71. The van der Waals surface area contributed by atoms with Crippen molar-refractivity contribution in [2.24, 2.45) is 0 Å². The summed E-state index contributed by atoms with van der Waals surface area (Å²) < 4.78 is 7.50. The van der Waals surface area contributed by atoms with Crippen molar-refractivity contribution in [2.75, 3.05) is 6.61 Å². The van der Waals surface area contributed by atoms with Gasteiger partial charge in [-0.05, 0) is 69.9 Å². The maximum absolute atomic E-state index is 12.5. The van der Waals surface area contributed by atoms with Crippen LogP contribution in [0.5, 0.6) is 0 Å². The van der Waals surface area contributed by atoms with Gasteiger partial charge >= 0.3 is 0 Å². The Kier molecular flexibility index (Phi) is 5.88. The van der Waals surface area contributed by atoms with Gasteiger partial charge in [-0.3, -0.25) is 14.2 Å². The second kappa shape index (κ2) is 8.14. The summed E-state index contributed by atoms with van der Waals surface area (Å²) in [5.41, 5.74) is 0.966. The van der Waals surface area contributed by atoms with Crippen LogP contribution >= 0.6 is 12.2 Å². The Balaban J connectivity index is 1.72. The lowest BCUT2D eigenvalue weighted by Crippen LogP contribution is -2.33. The summed E-state index contributed by atoms with van der Waals surface area (Å²) >= 11 is 5.23. The smallest absolute Gasteiger partial charge is 0.262 e. The Hall–Kier alpha value is -1.99. The minimum Gasteiger partial charge on any atom is -0.378 e. The van der Waals surface area contributed by atoms with Crippen LogP contribution in [0.1, 0.15) is 49.9 Å². The van der Waals surface area contributed by atoms with Crippen LogP contribution in [0.4, 0.5) is 0 Å². The van der Waals surface area contributed by atoms with Gasteiger partial charge in [-0.1, -0.05) is 0 Å². The van der Waals surface area contributed by atoms with E-state index in [4.69, 9.17) is 17.0 Å². The van der Waals surface area contributed by atoms with Gasteiger partial charge in [0.25, 0.3) is 11.5 Å². The molecule has 0 saturated carbocycles. The van der Waals surface area contributed by atoms with Crippen molar-refractivity contribution in [1.29, 1.82) is 0 Å². The largest absolute Gasteiger partial charge is 0.378 e. The number of rotatable bonds is 6. The number of aromatic amines is 1. The van der Waals surface area contributed by atoms with E-state index < -0.39 is 0 Å². The maximum atomic E-state index is 12.5. The predicted molar refractivity (Wildman–Crippen MR) is 104 cm³/mol. The van der Waals surface area contributed by atoms with E-state index in [0.717, 1.165) is 32.3 Å². The lowest BCUT2D eigenvalue weighted by atomic mass is 10.1. The molecule has 0 spiro atoms. The Bertz CT molecular complexity index is 912. The fourth-order valence-corrected chi connectivity index (χ4v) is 3.69. The molecule has 0 bridgehead atoms. The first-order valence-corrected chi connectivity index (χ1v) is 9.59. The first kappa shape index (κ1) is 18.8. The number of ether oxygens (including phenoxy) is 1. The lowest BCUT2D eigenvalue weighted by Gasteiger charge is -2.16. The number of H-pyrrole nitrogens is 1. The van der Waals surface area contributed by atoms with Gasteiger partial charge in [0.2, 0.25) is 0 Å². The molecule has 0 unspecified atom stereocenters. The van der Waals surface area contributed by atoms with Crippen molar-refractivity contribution in [3.8, 4) is 0 Å². The zero-order valence-corrected chi connectivity index (χ0v) is 16.0. The van der Waals surface area contributed by atoms with E-state index in [1.54, 1.807) is 18.2 Å². The standard InChI is InChI=1S/C19H25N3O3S/c1-3-22-18(24)15-9-7-13(11-16(15)21-19(22)26)17(23)20-12(2)6-8-14-5-4-10-25-14/h7,9,11-12,14H,3-6,8,10H2,1-2H3,(H,20,23)(H,21,26)/t12-,14+/m0/s1. The van der Waals surface area contributed by atoms with Crippen LogP contribution < -0.4 is 10.9 Å². The highest BCUT2D eigenvalue weighted by atomic mass is 32.1. The molecule has 2 heterocycles. The third kappa shape index (κ3) is 4.04. The van der Waals surface area contributed by atoms with Gasteiger partial charge in [-0.25, -0.2) is 0 Å². The fourth-order valence-electron chi connectivity index (χ4n) is 3.37. The number of nitrogens with zero attached hydrogens (tertiary/aromatic N) is 1. The van der Waals surface area contributed by atoms with Crippen molar-refractivity contribution in [3.05, 3.63) is 38.9 Å². The molecule has 2 aromatic rings. The number of fused-ring (bicyclic) bond motifs is 1. The normalized spacial score (nSPS) is 18.2. The molecule has 0 radical (unpaired) electrons. The average molecular weight is 375 g/mol. The summed E-state index contributed by atoms with van der Waals surface area (Å²) in [6, 6.07) is 5.12.